The molecule has 0 spiro atoms. The van der Waals surface area contributed by atoms with Gasteiger partial charge in [0, 0.05) is 19.3 Å². The van der Waals surface area contributed by atoms with Crippen LogP contribution in [0.5, 0.6) is 0 Å². The molecule has 0 amide bonds. The first-order chi connectivity index (χ1) is 9.74. The molecule has 0 atom stereocenters. The molecule has 0 radical (unpaired) electrons. The summed E-state index contributed by atoms with van der Waals surface area (Å²) in [5, 5.41) is 18.2. The van der Waals surface area contributed by atoms with E-state index in [0.717, 1.165) is 19.5 Å². The summed E-state index contributed by atoms with van der Waals surface area (Å²) in [6.45, 7) is 4.47. The van der Waals surface area contributed by atoms with Crippen LogP contribution in [0.2, 0.25) is 0 Å². The van der Waals surface area contributed by atoms with Crippen LogP contribution in [-0.2, 0) is 0 Å². The molecule has 20 heavy (non-hydrogen) atoms. The van der Waals surface area contributed by atoms with Crippen molar-refractivity contribution in [1.29, 1.82) is 0 Å². The summed E-state index contributed by atoms with van der Waals surface area (Å²) >= 11 is 0. The number of pyridine rings is 1. The molecule has 106 valence electrons. The highest BCUT2D eigenvalue weighted by atomic mass is 16.6. The van der Waals surface area contributed by atoms with E-state index in [4.69, 9.17) is 0 Å². The minimum Gasteiger partial charge on any atom is -0.378 e. The first kappa shape index (κ1) is 14.2. The van der Waals surface area contributed by atoms with Gasteiger partial charge >= 0.3 is 5.69 Å². The number of fused-ring (bicyclic) bond motifs is 1. The number of anilines is 1. The first-order valence-electron chi connectivity index (χ1n) is 6.70. The van der Waals surface area contributed by atoms with E-state index >= 15 is 0 Å². The molecule has 0 aliphatic heterocycles. The zero-order valence-electron chi connectivity index (χ0n) is 11.4. The number of rotatable bonds is 7. The molecule has 0 saturated carbocycles. The zero-order valence-corrected chi connectivity index (χ0v) is 11.4. The zero-order chi connectivity index (χ0) is 14.4. The third kappa shape index (κ3) is 3.21. The van der Waals surface area contributed by atoms with Crippen molar-refractivity contribution >= 4 is 22.3 Å². The quantitative estimate of drug-likeness (QED) is 0.461. The second kappa shape index (κ2) is 6.81. The third-order valence-corrected chi connectivity index (χ3v) is 2.98. The highest BCUT2D eigenvalue weighted by Crippen LogP contribution is 2.32. The van der Waals surface area contributed by atoms with Crippen LogP contribution in [0.15, 0.2) is 30.5 Å². The maximum atomic E-state index is 11.3. The smallest absolute Gasteiger partial charge is 0.301 e. The number of hydrogen-bond donors (Lipinski definition) is 2. The minimum atomic E-state index is -0.355. The lowest BCUT2D eigenvalue weighted by Crippen LogP contribution is -2.23. The summed E-state index contributed by atoms with van der Waals surface area (Å²) in [4.78, 5) is 15.1. The van der Waals surface area contributed by atoms with Crippen molar-refractivity contribution in [2.75, 3.05) is 25.0 Å². The van der Waals surface area contributed by atoms with Gasteiger partial charge in [-0.25, -0.2) is 0 Å². The van der Waals surface area contributed by atoms with Gasteiger partial charge in [-0.3, -0.25) is 15.1 Å². The summed E-state index contributed by atoms with van der Waals surface area (Å²) in [5.41, 5.74) is 1.26. The van der Waals surface area contributed by atoms with Gasteiger partial charge in [-0.15, -0.1) is 0 Å². The van der Waals surface area contributed by atoms with Crippen molar-refractivity contribution in [1.82, 2.24) is 10.3 Å². The molecule has 6 nitrogen and oxygen atoms in total. The summed E-state index contributed by atoms with van der Waals surface area (Å²) < 4.78 is 0. The van der Waals surface area contributed by atoms with Crippen molar-refractivity contribution in [3.05, 3.63) is 40.6 Å². The molecule has 0 saturated heterocycles. The average Bonchev–Trinajstić information content (AvgIpc) is 2.46. The average molecular weight is 274 g/mol. The predicted molar refractivity (Wildman–Crippen MR) is 80.0 cm³/mol. The molecule has 1 aromatic carbocycles. The molecule has 1 aromatic heterocycles. The van der Waals surface area contributed by atoms with E-state index in [2.05, 4.69) is 22.5 Å². The van der Waals surface area contributed by atoms with Gasteiger partial charge in [0.1, 0.15) is 5.69 Å². The van der Waals surface area contributed by atoms with Crippen LogP contribution < -0.4 is 10.6 Å². The Hall–Kier alpha value is -2.21. The van der Waals surface area contributed by atoms with E-state index in [1.807, 2.05) is 0 Å². The molecule has 1 heterocycles. The van der Waals surface area contributed by atoms with Crippen LogP contribution in [0.3, 0.4) is 0 Å². The molecule has 0 aliphatic rings. The summed E-state index contributed by atoms with van der Waals surface area (Å²) in [5.74, 6) is 0. The van der Waals surface area contributed by atoms with Gasteiger partial charge in [0.25, 0.3) is 0 Å². The van der Waals surface area contributed by atoms with Crippen LogP contribution >= 0.6 is 0 Å². The van der Waals surface area contributed by atoms with Crippen molar-refractivity contribution in [3.8, 4) is 0 Å². The highest BCUT2D eigenvalue weighted by molar-refractivity contribution is 5.94. The molecule has 2 aromatic rings. The second-order valence-electron chi connectivity index (χ2n) is 4.47. The fourth-order valence-electron chi connectivity index (χ4n) is 2.06. The van der Waals surface area contributed by atoms with Crippen molar-refractivity contribution < 1.29 is 4.92 Å². The van der Waals surface area contributed by atoms with Crippen LogP contribution in [-0.4, -0.2) is 29.5 Å². The highest BCUT2D eigenvalue weighted by Gasteiger charge is 2.18. The number of benzene rings is 1. The fourth-order valence-corrected chi connectivity index (χ4v) is 2.06. The van der Waals surface area contributed by atoms with Gasteiger partial charge < -0.3 is 10.6 Å². The summed E-state index contributed by atoms with van der Waals surface area (Å²) in [6, 6.07) is 6.94. The van der Waals surface area contributed by atoms with Crippen molar-refractivity contribution in [3.63, 3.8) is 0 Å². The Morgan fingerprint density at radius 1 is 1.25 bits per heavy atom. The predicted octanol–water partition coefficient (Wildman–Crippen LogP) is 2.55. The lowest BCUT2D eigenvalue weighted by Gasteiger charge is -2.09. The molecule has 6 heteroatoms. The topological polar surface area (TPSA) is 80.1 Å². The molecule has 2 N–H and O–H groups in total. The number of nitrogens with zero attached hydrogens (tertiary/aromatic N) is 2. The third-order valence-electron chi connectivity index (χ3n) is 2.98. The molecular formula is C14H18N4O2. The monoisotopic (exact) mass is 274 g/mol. The van der Waals surface area contributed by atoms with E-state index in [9.17, 15) is 10.1 Å². The van der Waals surface area contributed by atoms with Gasteiger partial charge in [-0.05, 0) is 37.2 Å². The second-order valence-corrected chi connectivity index (χ2v) is 4.47. The first-order valence-corrected chi connectivity index (χ1v) is 6.70. The van der Waals surface area contributed by atoms with Gasteiger partial charge in [0.05, 0.1) is 15.8 Å². The van der Waals surface area contributed by atoms with Crippen LogP contribution in [0.1, 0.15) is 13.3 Å². The van der Waals surface area contributed by atoms with E-state index in [0.29, 0.717) is 23.1 Å². The van der Waals surface area contributed by atoms with Crippen LogP contribution in [0.4, 0.5) is 11.4 Å². The number of hydrogen-bond acceptors (Lipinski definition) is 5. The van der Waals surface area contributed by atoms with Crippen LogP contribution in [0.25, 0.3) is 10.9 Å². The molecular weight excluding hydrogens is 256 g/mol. The normalized spacial score (nSPS) is 10.7. The summed E-state index contributed by atoms with van der Waals surface area (Å²) in [6.07, 6.45) is 2.70. The largest absolute Gasteiger partial charge is 0.378 e. The molecule has 0 fully saturated rings. The summed E-state index contributed by atoms with van der Waals surface area (Å²) in [7, 11) is 0. The Morgan fingerprint density at radius 2 is 2.10 bits per heavy atom. The van der Waals surface area contributed by atoms with Gasteiger partial charge in [-0.2, -0.15) is 0 Å². The molecule has 0 aliphatic carbocycles. The Labute approximate surface area is 117 Å². The van der Waals surface area contributed by atoms with Crippen molar-refractivity contribution in [2.24, 2.45) is 0 Å². The van der Waals surface area contributed by atoms with Gasteiger partial charge in [0.15, 0.2) is 0 Å². The van der Waals surface area contributed by atoms with Gasteiger partial charge in [-0.1, -0.05) is 6.92 Å². The SMILES string of the molecule is CCCNCCNc1ccc2ncccc2c1[N+](=O)[O-]. The van der Waals surface area contributed by atoms with Gasteiger partial charge in [0.2, 0.25) is 0 Å². The van der Waals surface area contributed by atoms with E-state index < -0.39 is 0 Å². The maximum absolute atomic E-state index is 11.3. The lowest BCUT2D eigenvalue weighted by molar-refractivity contribution is -0.382. The molecule has 0 bridgehead atoms. The minimum absolute atomic E-state index is 0.0890. The van der Waals surface area contributed by atoms with E-state index in [-0.39, 0.29) is 10.6 Å². The number of nitro benzene ring substituents is 1. The van der Waals surface area contributed by atoms with Crippen LogP contribution in [0, 0.1) is 10.1 Å². The Kier molecular flexibility index (Phi) is 4.84. The molecule has 0 unspecified atom stereocenters. The van der Waals surface area contributed by atoms with E-state index in [1.54, 1.807) is 30.5 Å². The fraction of sp³-hybridized carbons (Fsp3) is 0.357. The van der Waals surface area contributed by atoms with Crippen molar-refractivity contribution in [2.45, 2.75) is 13.3 Å². The number of nitro groups is 1. The number of nitrogens with one attached hydrogen (secondary N) is 2. The lowest BCUT2D eigenvalue weighted by atomic mass is 10.1. The Morgan fingerprint density at radius 3 is 2.85 bits per heavy atom. The Bertz CT molecular complexity index is 601. The Balaban J connectivity index is 2.20. The van der Waals surface area contributed by atoms with E-state index in [1.165, 1.54) is 0 Å². The maximum Gasteiger partial charge on any atom is 0.301 e. The molecule has 2 rings (SSSR count). The standard InChI is InChI=1S/C14H18N4O2/c1-2-7-15-9-10-17-13-6-5-12-11(4-3-8-16-12)14(13)18(19)20/h3-6,8,15,17H,2,7,9-10H2,1H3. The number of aromatic nitrogens is 1.